The van der Waals surface area contributed by atoms with Crippen LogP contribution in [0.4, 0.5) is 10.1 Å². The van der Waals surface area contributed by atoms with Crippen LogP contribution in [0.25, 0.3) is 0 Å². The number of hydrogen-bond acceptors (Lipinski definition) is 3. The predicted octanol–water partition coefficient (Wildman–Crippen LogP) is 1.84. The summed E-state index contributed by atoms with van der Waals surface area (Å²) in [5.41, 5.74) is 2.51. The number of hydrazine groups is 1. The maximum absolute atomic E-state index is 13.4. The molecular weight excluding hydrogens is 221 g/mol. The quantitative estimate of drug-likeness (QED) is 0.622. The standard InChI is InChI=1S/C12H18FN3O/c1-8(2)7-16(3)12(17)9-5-4-6-10(13)11(9)15-14/h4-6,8,15H,7,14H2,1-3H3. The molecule has 4 nitrogen and oxygen atoms in total. The van der Waals surface area contributed by atoms with E-state index in [0.29, 0.717) is 12.5 Å². The number of amides is 1. The van der Waals surface area contributed by atoms with Crippen molar-refractivity contribution in [3.8, 4) is 0 Å². The molecule has 3 N–H and O–H groups in total. The number of carbonyl (C=O) groups excluding carboxylic acids is 1. The monoisotopic (exact) mass is 239 g/mol. The molecule has 0 fully saturated rings. The summed E-state index contributed by atoms with van der Waals surface area (Å²) in [7, 11) is 1.69. The molecule has 1 rings (SSSR count). The number of para-hydroxylation sites is 1. The van der Waals surface area contributed by atoms with Gasteiger partial charge in [0.1, 0.15) is 5.82 Å². The Morgan fingerprint density at radius 2 is 2.18 bits per heavy atom. The minimum Gasteiger partial charge on any atom is -0.341 e. The van der Waals surface area contributed by atoms with E-state index in [1.165, 1.54) is 12.1 Å². The third kappa shape index (κ3) is 3.17. The number of carbonyl (C=O) groups is 1. The second kappa shape index (κ2) is 5.63. The first-order chi connectivity index (χ1) is 7.97. The fourth-order valence-corrected chi connectivity index (χ4v) is 1.69. The number of rotatable bonds is 4. The number of benzene rings is 1. The molecule has 0 aliphatic heterocycles. The van der Waals surface area contributed by atoms with Gasteiger partial charge in [0.2, 0.25) is 0 Å². The van der Waals surface area contributed by atoms with E-state index < -0.39 is 5.82 Å². The Kier molecular flexibility index (Phi) is 4.45. The van der Waals surface area contributed by atoms with Crippen molar-refractivity contribution in [1.29, 1.82) is 0 Å². The zero-order valence-corrected chi connectivity index (χ0v) is 10.3. The predicted molar refractivity (Wildman–Crippen MR) is 66.0 cm³/mol. The molecule has 0 bridgehead atoms. The van der Waals surface area contributed by atoms with E-state index >= 15 is 0 Å². The van der Waals surface area contributed by atoms with Crippen LogP contribution in [-0.4, -0.2) is 24.4 Å². The molecule has 0 unspecified atom stereocenters. The molecule has 0 saturated carbocycles. The number of nitrogens with one attached hydrogen (secondary N) is 1. The molecule has 0 spiro atoms. The molecule has 0 aliphatic rings. The molecule has 94 valence electrons. The van der Waals surface area contributed by atoms with Gasteiger partial charge in [-0.25, -0.2) is 4.39 Å². The normalized spacial score (nSPS) is 10.5. The van der Waals surface area contributed by atoms with Crippen LogP contribution >= 0.6 is 0 Å². The van der Waals surface area contributed by atoms with Crippen molar-refractivity contribution in [1.82, 2.24) is 4.90 Å². The van der Waals surface area contributed by atoms with Crippen molar-refractivity contribution in [2.45, 2.75) is 13.8 Å². The van der Waals surface area contributed by atoms with Crippen molar-refractivity contribution in [3.05, 3.63) is 29.6 Å². The zero-order valence-electron chi connectivity index (χ0n) is 10.3. The average Bonchev–Trinajstić information content (AvgIpc) is 2.26. The molecule has 1 aromatic rings. The highest BCUT2D eigenvalue weighted by molar-refractivity contribution is 5.99. The minimum absolute atomic E-state index is 0.0353. The van der Waals surface area contributed by atoms with Crippen LogP contribution in [0.3, 0.4) is 0 Å². The van der Waals surface area contributed by atoms with Gasteiger partial charge in [-0.3, -0.25) is 10.6 Å². The fraction of sp³-hybridized carbons (Fsp3) is 0.417. The zero-order chi connectivity index (χ0) is 13.0. The van der Waals surface area contributed by atoms with Crippen LogP contribution in [0.1, 0.15) is 24.2 Å². The first-order valence-electron chi connectivity index (χ1n) is 5.48. The van der Waals surface area contributed by atoms with Gasteiger partial charge in [0.05, 0.1) is 11.3 Å². The van der Waals surface area contributed by atoms with E-state index in [1.54, 1.807) is 18.0 Å². The maximum Gasteiger partial charge on any atom is 0.255 e. The second-order valence-corrected chi connectivity index (χ2v) is 4.39. The molecule has 1 aromatic carbocycles. The lowest BCUT2D eigenvalue weighted by molar-refractivity contribution is 0.0779. The lowest BCUT2D eigenvalue weighted by atomic mass is 10.1. The van der Waals surface area contributed by atoms with Gasteiger partial charge < -0.3 is 10.3 Å². The number of halogens is 1. The summed E-state index contributed by atoms with van der Waals surface area (Å²) in [5, 5.41) is 0. The summed E-state index contributed by atoms with van der Waals surface area (Å²) in [4.78, 5) is 13.6. The molecule has 0 radical (unpaired) electrons. The van der Waals surface area contributed by atoms with Crippen molar-refractivity contribution in [3.63, 3.8) is 0 Å². The molecule has 0 atom stereocenters. The van der Waals surface area contributed by atoms with E-state index in [1.807, 2.05) is 13.8 Å². The summed E-state index contributed by atoms with van der Waals surface area (Å²) in [6.45, 7) is 4.63. The lowest BCUT2D eigenvalue weighted by Gasteiger charge is -2.20. The first kappa shape index (κ1) is 13.4. The third-order valence-corrected chi connectivity index (χ3v) is 2.37. The molecule has 5 heteroatoms. The Morgan fingerprint density at radius 3 is 2.71 bits per heavy atom. The summed E-state index contributed by atoms with van der Waals surface area (Å²) in [6.07, 6.45) is 0. The topological polar surface area (TPSA) is 58.4 Å². The molecule has 17 heavy (non-hydrogen) atoms. The molecule has 1 amide bonds. The Balaban J connectivity index is 3.00. The fourth-order valence-electron chi connectivity index (χ4n) is 1.69. The number of nitrogens with two attached hydrogens (primary N) is 1. The van der Waals surface area contributed by atoms with Crippen LogP contribution in [-0.2, 0) is 0 Å². The SMILES string of the molecule is CC(C)CN(C)C(=O)c1cccc(F)c1NN. The van der Waals surface area contributed by atoms with Gasteiger partial charge in [0.15, 0.2) is 0 Å². The highest BCUT2D eigenvalue weighted by Gasteiger charge is 2.18. The summed E-state index contributed by atoms with van der Waals surface area (Å²) < 4.78 is 13.4. The van der Waals surface area contributed by atoms with E-state index in [-0.39, 0.29) is 17.2 Å². The van der Waals surface area contributed by atoms with E-state index in [2.05, 4.69) is 5.43 Å². The Bertz CT molecular complexity index is 407. The van der Waals surface area contributed by atoms with Crippen LogP contribution in [0.5, 0.6) is 0 Å². The number of nitrogens with zero attached hydrogens (tertiary/aromatic N) is 1. The third-order valence-electron chi connectivity index (χ3n) is 2.37. The van der Waals surface area contributed by atoms with Gasteiger partial charge in [0.25, 0.3) is 5.91 Å². The van der Waals surface area contributed by atoms with Crippen LogP contribution in [0.2, 0.25) is 0 Å². The van der Waals surface area contributed by atoms with Crippen LogP contribution in [0.15, 0.2) is 18.2 Å². The highest BCUT2D eigenvalue weighted by Crippen LogP contribution is 2.20. The van der Waals surface area contributed by atoms with Crippen molar-refractivity contribution < 1.29 is 9.18 Å². The van der Waals surface area contributed by atoms with Crippen LogP contribution in [0, 0.1) is 11.7 Å². The molecule has 0 saturated heterocycles. The number of nitrogen functional groups attached to an aromatic ring is 1. The second-order valence-electron chi connectivity index (χ2n) is 4.39. The Labute approximate surface area is 101 Å². The van der Waals surface area contributed by atoms with Crippen molar-refractivity contribution in [2.75, 3.05) is 19.0 Å². The van der Waals surface area contributed by atoms with E-state index in [9.17, 15) is 9.18 Å². The van der Waals surface area contributed by atoms with Gasteiger partial charge in [-0.05, 0) is 18.1 Å². The van der Waals surface area contributed by atoms with Gasteiger partial charge in [-0.15, -0.1) is 0 Å². The molecular formula is C12H18FN3O. The largest absolute Gasteiger partial charge is 0.341 e. The summed E-state index contributed by atoms with van der Waals surface area (Å²) in [6, 6.07) is 4.30. The van der Waals surface area contributed by atoms with E-state index in [4.69, 9.17) is 5.84 Å². The number of hydrogen-bond donors (Lipinski definition) is 2. The Morgan fingerprint density at radius 1 is 1.53 bits per heavy atom. The van der Waals surface area contributed by atoms with Gasteiger partial charge >= 0.3 is 0 Å². The first-order valence-corrected chi connectivity index (χ1v) is 5.48. The smallest absolute Gasteiger partial charge is 0.255 e. The van der Waals surface area contributed by atoms with Crippen molar-refractivity contribution >= 4 is 11.6 Å². The van der Waals surface area contributed by atoms with Gasteiger partial charge in [-0.2, -0.15) is 0 Å². The average molecular weight is 239 g/mol. The Hall–Kier alpha value is -1.62. The van der Waals surface area contributed by atoms with Gasteiger partial charge in [0, 0.05) is 13.6 Å². The molecule has 0 aliphatic carbocycles. The summed E-state index contributed by atoms with van der Waals surface area (Å²) in [5.74, 6) is 4.81. The van der Waals surface area contributed by atoms with E-state index in [0.717, 1.165) is 0 Å². The lowest BCUT2D eigenvalue weighted by Crippen LogP contribution is -2.31. The number of anilines is 1. The maximum atomic E-state index is 13.4. The van der Waals surface area contributed by atoms with Gasteiger partial charge in [-0.1, -0.05) is 19.9 Å². The minimum atomic E-state index is -0.531. The van der Waals surface area contributed by atoms with Crippen LogP contribution < -0.4 is 11.3 Å². The summed E-state index contributed by atoms with van der Waals surface area (Å²) >= 11 is 0. The molecule has 0 aromatic heterocycles. The van der Waals surface area contributed by atoms with Crippen molar-refractivity contribution in [2.24, 2.45) is 11.8 Å². The molecule has 0 heterocycles. The highest BCUT2D eigenvalue weighted by atomic mass is 19.1.